The Hall–Kier alpha value is -2.34. The van der Waals surface area contributed by atoms with Crippen molar-refractivity contribution >= 4 is 27.4 Å². The molecular weight excluding hydrogens is 334 g/mol. The topological polar surface area (TPSA) is 47.5 Å². The summed E-state index contributed by atoms with van der Waals surface area (Å²) in [6.45, 7) is 1.36. The molecule has 0 fully saturated rings. The van der Waals surface area contributed by atoms with Gasteiger partial charge in [-0.25, -0.2) is 9.97 Å². The number of aryl methyl sites for hydroxylation is 2. The molecule has 4 rings (SSSR count). The zero-order valence-electron chi connectivity index (χ0n) is 14.5. The summed E-state index contributed by atoms with van der Waals surface area (Å²) >= 11 is 1.82. The molecular formula is C19H21N3O2S. The van der Waals surface area contributed by atoms with E-state index in [1.165, 1.54) is 28.7 Å². The second-order valence-corrected chi connectivity index (χ2v) is 7.26. The Morgan fingerprint density at radius 2 is 1.92 bits per heavy atom. The highest BCUT2D eigenvalue weighted by atomic mass is 32.1. The van der Waals surface area contributed by atoms with Gasteiger partial charge in [0, 0.05) is 11.9 Å². The molecule has 0 unspecified atom stereocenters. The van der Waals surface area contributed by atoms with Crippen molar-refractivity contribution in [3.8, 4) is 11.5 Å². The minimum absolute atomic E-state index is 0.598. The lowest BCUT2D eigenvalue weighted by atomic mass is 10.2. The summed E-state index contributed by atoms with van der Waals surface area (Å²) in [5.41, 5.74) is 1.46. The van der Waals surface area contributed by atoms with Gasteiger partial charge in [-0.15, -0.1) is 11.3 Å². The second-order valence-electron chi connectivity index (χ2n) is 6.18. The molecule has 0 aliphatic heterocycles. The maximum absolute atomic E-state index is 5.85. The van der Waals surface area contributed by atoms with Gasteiger partial charge in [0.1, 0.15) is 35.1 Å². The standard InChI is InChI=1S/C19H21N3O2S/c1-22(10-11-24-14-8-6-13(23-2)7-9-14)18-17-15-4-3-5-16(15)25-19(17)21-12-20-18/h6-9,12H,3-5,10-11H2,1-2H3. The first-order chi connectivity index (χ1) is 12.3. The summed E-state index contributed by atoms with van der Waals surface area (Å²) in [4.78, 5) is 13.8. The van der Waals surface area contributed by atoms with Gasteiger partial charge in [0.05, 0.1) is 19.0 Å². The summed E-state index contributed by atoms with van der Waals surface area (Å²) in [7, 11) is 3.73. The van der Waals surface area contributed by atoms with Gasteiger partial charge < -0.3 is 14.4 Å². The Balaban J connectivity index is 1.46. The number of aromatic nitrogens is 2. The first-order valence-corrected chi connectivity index (χ1v) is 9.31. The molecule has 6 heteroatoms. The highest BCUT2D eigenvalue weighted by Gasteiger charge is 2.22. The fourth-order valence-corrected chi connectivity index (χ4v) is 4.50. The second kappa shape index (κ2) is 6.88. The van der Waals surface area contributed by atoms with Crippen molar-refractivity contribution in [3.05, 3.63) is 41.0 Å². The van der Waals surface area contributed by atoms with Crippen molar-refractivity contribution in [2.45, 2.75) is 19.3 Å². The van der Waals surface area contributed by atoms with Crippen LogP contribution < -0.4 is 14.4 Å². The Morgan fingerprint density at radius 3 is 2.72 bits per heavy atom. The predicted octanol–water partition coefficient (Wildman–Crippen LogP) is 3.70. The van der Waals surface area contributed by atoms with Gasteiger partial charge in [0.2, 0.25) is 0 Å². The molecule has 0 spiro atoms. The van der Waals surface area contributed by atoms with E-state index >= 15 is 0 Å². The first kappa shape index (κ1) is 16.1. The molecule has 0 N–H and O–H groups in total. The zero-order valence-corrected chi connectivity index (χ0v) is 15.3. The van der Waals surface area contributed by atoms with Crippen LogP contribution in [-0.2, 0) is 12.8 Å². The number of nitrogens with zero attached hydrogens (tertiary/aromatic N) is 3. The third-order valence-corrected chi connectivity index (χ3v) is 5.80. The minimum atomic E-state index is 0.598. The number of methoxy groups -OCH3 is 1. The number of anilines is 1. The van der Waals surface area contributed by atoms with Crippen molar-refractivity contribution in [1.82, 2.24) is 9.97 Å². The van der Waals surface area contributed by atoms with Gasteiger partial charge in [0.25, 0.3) is 0 Å². The van der Waals surface area contributed by atoms with Gasteiger partial charge in [-0.1, -0.05) is 0 Å². The van der Waals surface area contributed by atoms with E-state index in [9.17, 15) is 0 Å². The lowest BCUT2D eigenvalue weighted by Gasteiger charge is -2.19. The molecule has 0 radical (unpaired) electrons. The van der Waals surface area contributed by atoms with Gasteiger partial charge in [-0.05, 0) is 49.1 Å². The average Bonchev–Trinajstić information content (AvgIpc) is 3.22. The largest absolute Gasteiger partial charge is 0.497 e. The third-order valence-electron chi connectivity index (χ3n) is 4.60. The van der Waals surface area contributed by atoms with Gasteiger partial charge in [0.15, 0.2) is 0 Å². The number of likely N-dealkylation sites (N-methyl/N-ethyl adjacent to an activating group) is 1. The molecule has 0 amide bonds. The molecule has 0 bridgehead atoms. The quantitative estimate of drug-likeness (QED) is 0.675. The number of ether oxygens (including phenoxy) is 2. The lowest BCUT2D eigenvalue weighted by molar-refractivity contribution is 0.325. The Bertz CT molecular complexity index is 876. The smallest absolute Gasteiger partial charge is 0.140 e. The molecule has 5 nitrogen and oxygen atoms in total. The highest BCUT2D eigenvalue weighted by Crippen LogP contribution is 2.39. The minimum Gasteiger partial charge on any atom is -0.497 e. The monoisotopic (exact) mass is 355 g/mol. The van der Waals surface area contributed by atoms with E-state index in [1.807, 2.05) is 35.6 Å². The molecule has 25 heavy (non-hydrogen) atoms. The molecule has 0 saturated heterocycles. The van der Waals surface area contributed by atoms with Crippen LogP contribution >= 0.6 is 11.3 Å². The van der Waals surface area contributed by atoms with Crippen molar-refractivity contribution < 1.29 is 9.47 Å². The molecule has 1 aliphatic carbocycles. The summed E-state index contributed by atoms with van der Waals surface area (Å²) in [6, 6.07) is 7.66. The molecule has 2 aromatic heterocycles. The number of hydrogen-bond donors (Lipinski definition) is 0. The third kappa shape index (κ3) is 3.14. The normalized spacial score (nSPS) is 13.0. The van der Waals surface area contributed by atoms with E-state index in [0.29, 0.717) is 6.61 Å². The van der Waals surface area contributed by atoms with Crippen LogP contribution in [0.1, 0.15) is 16.9 Å². The van der Waals surface area contributed by atoms with E-state index in [-0.39, 0.29) is 0 Å². The molecule has 130 valence electrons. The average molecular weight is 355 g/mol. The summed E-state index contributed by atoms with van der Waals surface area (Å²) in [5, 5.41) is 1.24. The first-order valence-electron chi connectivity index (χ1n) is 8.49. The van der Waals surface area contributed by atoms with Gasteiger partial charge in [-0.3, -0.25) is 0 Å². The Labute approximate surface area is 151 Å². The summed E-state index contributed by atoms with van der Waals surface area (Å²) in [6.07, 6.45) is 5.24. The van der Waals surface area contributed by atoms with Crippen LogP contribution in [0.4, 0.5) is 5.82 Å². The molecule has 0 saturated carbocycles. The Kier molecular flexibility index (Phi) is 4.44. The number of rotatable bonds is 6. The van der Waals surface area contributed by atoms with E-state index < -0.39 is 0 Å². The van der Waals surface area contributed by atoms with Crippen LogP contribution in [0.25, 0.3) is 10.2 Å². The number of hydrogen-bond acceptors (Lipinski definition) is 6. The molecule has 2 heterocycles. The van der Waals surface area contributed by atoms with Crippen molar-refractivity contribution in [1.29, 1.82) is 0 Å². The van der Waals surface area contributed by atoms with Crippen molar-refractivity contribution in [2.75, 3.05) is 32.2 Å². The van der Waals surface area contributed by atoms with E-state index in [0.717, 1.165) is 35.1 Å². The highest BCUT2D eigenvalue weighted by molar-refractivity contribution is 7.19. The van der Waals surface area contributed by atoms with Crippen LogP contribution in [0.3, 0.4) is 0 Å². The van der Waals surface area contributed by atoms with E-state index in [2.05, 4.69) is 21.9 Å². The Morgan fingerprint density at radius 1 is 1.12 bits per heavy atom. The fourth-order valence-electron chi connectivity index (χ4n) is 3.28. The predicted molar refractivity (Wildman–Crippen MR) is 101 cm³/mol. The SMILES string of the molecule is COc1ccc(OCCN(C)c2ncnc3sc4c(c23)CCC4)cc1. The van der Waals surface area contributed by atoms with Crippen molar-refractivity contribution in [2.24, 2.45) is 0 Å². The number of thiophene rings is 1. The van der Waals surface area contributed by atoms with E-state index in [1.54, 1.807) is 13.4 Å². The lowest BCUT2D eigenvalue weighted by Crippen LogP contribution is -2.25. The number of benzene rings is 1. The van der Waals surface area contributed by atoms with Crippen LogP contribution in [0, 0.1) is 0 Å². The fraction of sp³-hybridized carbons (Fsp3) is 0.368. The van der Waals surface area contributed by atoms with Gasteiger partial charge in [-0.2, -0.15) is 0 Å². The molecule has 1 aliphatic rings. The van der Waals surface area contributed by atoms with E-state index in [4.69, 9.17) is 9.47 Å². The van der Waals surface area contributed by atoms with Crippen LogP contribution in [0.15, 0.2) is 30.6 Å². The van der Waals surface area contributed by atoms with Crippen LogP contribution in [0.5, 0.6) is 11.5 Å². The van der Waals surface area contributed by atoms with Crippen LogP contribution in [-0.4, -0.2) is 37.3 Å². The molecule has 0 atom stereocenters. The summed E-state index contributed by atoms with van der Waals surface area (Å²) in [5.74, 6) is 2.69. The molecule has 3 aromatic rings. The molecule has 1 aromatic carbocycles. The van der Waals surface area contributed by atoms with Crippen molar-refractivity contribution in [3.63, 3.8) is 0 Å². The van der Waals surface area contributed by atoms with Gasteiger partial charge >= 0.3 is 0 Å². The summed E-state index contributed by atoms with van der Waals surface area (Å²) < 4.78 is 11.0. The number of fused-ring (bicyclic) bond motifs is 3. The zero-order chi connectivity index (χ0) is 17.2. The maximum atomic E-state index is 5.85. The van der Waals surface area contributed by atoms with Crippen LogP contribution in [0.2, 0.25) is 0 Å². The maximum Gasteiger partial charge on any atom is 0.140 e.